The molecular formula is C24H27FN4O4. The van der Waals surface area contributed by atoms with Gasteiger partial charge in [-0.3, -0.25) is 0 Å². The number of aliphatic hydroxyl groups is 1. The van der Waals surface area contributed by atoms with Gasteiger partial charge in [0.05, 0.1) is 31.5 Å². The van der Waals surface area contributed by atoms with Crippen molar-refractivity contribution in [3.05, 3.63) is 65.9 Å². The number of carbonyl (C=O) groups is 1. The van der Waals surface area contributed by atoms with Gasteiger partial charge in [-0.1, -0.05) is 12.1 Å². The number of hydrogen-bond donors (Lipinski definition) is 2. The van der Waals surface area contributed by atoms with Gasteiger partial charge in [-0.05, 0) is 29.8 Å². The molecule has 2 aromatic carbocycles. The van der Waals surface area contributed by atoms with E-state index in [-0.39, 0.29) is 18.5 Å². The molecule has 0 saturated carbocycles. The minimum absolute atomic E-state index is 0.258. The number of carbonyl (C=O) groups excluding carboxylic acids is 1. The first-order valence-electron chi connectivity index (χ1n) is 10.8. The third kappa shape index (κ3) is 5.09. The standard InChI is InChI=1S/C24H27FN4O4/c1-16-26-14-23(33-16)20-8-7-19(13-22(20)32-2)28-9-11-29(12-10-28)24(31)27-21(15-30)17-3-5-18(25)6-4-17/h3-8,13-14,21,30H,9-12,15H2,1-2H3,(H,27,31)/t21-/m0/s1. The summed E-state index contributed by atoms with van der Waals surface area (Å²) in [5.41, 5.74) is 2.47. The highest BCUT2D eigenvalue weighted by atomic mass is 19.1. The average molecular weight is 455 g/mol. The molecule has 3 aromatic rings. The molecule has 8 nitrogen and oxygen atoms in total. The Bertz CT molecular complexity index is 1090. The molecule has 4 rings (SSSR count). The highest BCUT2D eigenvalue weighted by Crippen LogP contribution is 2.34. The summed E-state index contributed by atoms with van der Waals surface area (Å²) < 4.78 is 24.4. The SMILES string of the molecule is COc1cc(N2CCN(C(=O)N[C@@H](CO)c3ccc(F)cc3)CC2)ccc1-c1cnc(C)o1. The topological polar surface area (TPSA) is 91.1 Å². The Hall–Kier alpha value is -3.59. The van der Waals surface area contributed by atoms with Crippen molar-refractivity contribution < 1.29 is 23.4 Å². The molecule has 1 fully saturated rings. The normalized spacial score (nSPS) is 14.8. The lowest BCUT2D eigenvalue weighted by Gasteiger charge is -2.37. The number of hydrogen-bond acceptors (Lipinski definition) is 6. The number of nitrogens with one attached hydrogen (secondary N) is 1. The number of methoxy groups -OCH3 is 1. The van der Waals surface area contributed by atoms with E-state index in [1.54, 1.807) is 37.3 Å². The summed E-state index contributed by atoms with van der Waals surface area (Å²) in [6, 6.07) is 10.8. The molecule has 1 atom stereocenters. The van der Waals surface area contributed by atoms with Crippen LogP contribution in [0.15, 0.2) is 53.1 Å². The second-order valence-corrected chi connectivity index (χ2v) is 7.84. The first-order chi connectivity index (χ1) is 16.0. The Balaban J connectivity index is 1.38. The van der Waals surface area contributed by atoms with Crippen LogP contribution in [0.25, 0.3) is 11.3 Å². The van der Waals surface area contributed by atoms with Gasteiger partial charge in [-0.2, -0.15) is 0 Å². The molecule has 1 aliphatic heterocycles. The van der Waals surface area contributed by atoms with Crippen LogP contribution in [0, 0.1) is 12.7 Å². The number of amides is 2. The second kappa shape index (κ2) is 9.91. The van der Waals surface area contributed by atoms with Gasteiger partial charge < -0.3 is 29.4 Å². The fourth-order valence-electron chi connectivity index (χ4n) is 3.90. The maximum atomic E-state index is 13.2. The minimum atomic E-state index is -0.590. The van der Waals surface area contributed by atoms with E-state index in [1.165, 1.54) is 12.1 Å². The monoisotopic (exact) mass is 454 g/mol. The summed E-state index contributed by atoms with van der Waals surface area (Å²) >= 11 is 0. The average Bonchev–Trinajstić information content (AvgIpc) is 3.28. The van der Waals surface area contributed by atoms with Gasteiger partial charge >= 0.3 is 6.03 Å². The van der Waals surface area contributed by atoms with Crippen LogP contribution >= 0.6 is 0 Å². The number of piperazine rings is 1. The van der Waals surface area contributed by atoms with Gasteiger partial charge in [-0.15, -0.1) is 0 Å². The third-order valence-corrected chi connectivity index (χ3v) is 5.76. The number of anilines is 1. The molecule has 33 heavy (non-hydrogen) atoms. The number of oxazole rings is 1. The van der Waals surface area contributed by atoms with Crippen LogP contribution in [0.2, 0.25) is 0 Å². The van der Waals surface area contributed by atoms with E-state index in [1.807, 2.05) is 18.2 Å². The fourth-order valence-corrected chi connectivity index (χ4v) is 3.90. The number of nitrogens with zero attached hydrogens (tertiary/aromatic N) is 3. The van der Waals surface area contributed by atoms with E-state index < -0.39 is 6.04 Å². The number of aliphatic hydroxyl groups excluding tert-OH is 1. The Morgan fingerprint density at radius 2 is 1.94 bits per heavy atom. The smallest absolute Gasteiger partial charge is 0.318 e. The zero-order valence-electron chi connectivity index (χ0n) is 18.6. The summed E-state index contributed by atoms with van der Waals surface area (Å²) in [4.78, 5) is 20.8. The van der Waals surface area contributed by atoms with Gasteiger partial charge in [0, 0.05) is 44.9 Å². The van der Waals surface area contributed by atoms with Gasteiger partial charge in [0.25, 0.3) is 0 Å². The van der Waals surface area contributed by atoms with Gasteiger partial charge in [0.15, 0.2) is 11.7 Å². The molecule has 0 radical (unpaired) electrons. The van der Waals surface area contributed by atoms with Crippen molar-refractivity contribution in [2.24, 2.45) is 0 Å². The largest absolute Gasteiger partial charge is 0.496 e. The highest BCUT2D eigenvalue weighted by molar-refractivity contribution is 5.75. The van der Waals surface area contributed by atoms with Crippen molar-refractivity contribution in [1.82, 2.24) is 15.2 Å². The predicted molar refractivity (Wildman–Crippen MR) is 122 cm³/mol. The van der Waals surface area contributed by atoms with Crippen LogP contribution in [-0.4, -0.2) is 60.9 Å². The van der Waals surface area contributed by atoms with Crippen LogP contribution in [0.3, 0.4) is 0 Å². The fraction of sp³-hybridized carbons (Fsp3) is 0.333. The summed E-state index contributed by atoms with van der Waals surface area (Å²) in [7, 11) is 1.62. The second-order valence-electron chi connectivity index (χ2n) is 7.84. The van der Waals surface area contributed by atoms with Crippen molar-refractivity contribution in [2.75, 3.05) is 44.8 Å². The molecular weight excluding hydrogens is 427 g/mol. The number of benzene rings is 2. The molecule has 0 unspecified atom stereocenters. The van der Waals surface area contributed by atoms with Gasteiger partial charge in [0.1, 0.15) is 11.6 Å². The lowest BCUT2D eigenvalue weighted by molar-refractivity contribution is 0.179. The molecule has 2 amide bonds. The molecule has 0 bridgehead atoms. The summed E-state index contributed by atoms with van der Waals surface area (Å²) in [5.74, 6) is 1.57. The molecule has 1 saturated heterocycles. The molecule has 0 aliphatic carbocycles. The number of halogens is 1. The molecule has 2 heterocycles. The lowest BCUT2D eigenvalue weighted by Crippen LogP contribution is -2.52. The van der Waals surface area contributed by atoms with Gasteiger partial charge in [-0.25, -0.2) is 14.2 Å². The van der Waals surface area contributed by atoms with Crippen molar-refractivity contribution in [1.29, 1.82) is 0 Å². The Kier molecular flexibility index (Phi) is 6.79. The molecule has 2 N–H and O–H groups in total. The Morgan fingerprint density at radius 1 is 1.21 bits per heavy atom. The Morgan fingerprint density at radius 3 is 2.55 bits per heavy atom. The van der Waals surface area contributed by atoms with E-state index >= 15 is 0 Å². The van der Waals surface area contributed by atoms with E-state index in [0.717, 1.165) is 11.3 Å². The maximum Gasteiger partial charge on any atom is 0.318 e. The van der Waals surface area contributed by atoms with Crippen LogP contribution in [0.4, 0.5) is 14.9 Å². The van der Waals surface area contributed by atoms with Crippen LogP contribution in [0.5, 0.6) is 5.75 Å². The summed E-state index contributed by atoms with van der Waals surface area (Å²) in [5, 5.41) is 12.5. The van der Waals surface area contributed by atoms with Crippen LogP contribution in [0.1, 0.15) is 17.5 Å². The highest BCUT2D eigenvalue weighted by Gasteiger charge is 2.24. The van der Waals surface area contributed by atoms with Gasteiger partial charge in [0.2, 0.25) is 0 Å². The van der Waals surface area contributed by atoms with E-state index in [2.05, 4.69) is 15.2 Å². The first-order valence-corrected chi connectivity index (χ1v) is 10.8. The molecule has 0 spiro atoms. The summed E-state index contributed by atoms with van der Waals surface area (Å²) in [6.07, 6.45) is 1.68. The molecule has 1 aliphatic rings. The maximum absolute atomic E-state index is 13.2. The number of ether oxygens (including phenoxy) is 1. The van der Waals surface area contributed by atoms with E-state index in [0.29, 0.717) is 49.1 Å². The number of aryl methyl sites for hydroxylation is 1. The lowest BCUT2D eigenvalue weighted by atomic mass is 10.1. The zero-order chi connectivity index (χ0) is 23.4. The van der Waals surface area contributed by atoms with Crippen molar-refractivity contribution in [3.63, 3.8) is 0 Å². The zero-order valence-corrected chi connectivity index (χ0v) is 18.6. The number of rotatable bonds is 6. The third-order valence-electron chi connectivity index (χ3n) is 5.76. The summed E-state index contributed by atoms with van der Waals surface area (Å²) in [6.45, 7) is 3.88. The van der Waals surface area contributed by atoms with Crippen molar-refractivity contribution in [2.45, 2.75) is 13.0 Å². The molecule has 9 heteroatoms. The molecule has 174 valence electrons. The minimum Gasteiger partial charge on any atom is -0.496 e. The Labute approximate surface area is 191 Å². The van der Waals surface area contributed by atoms with Crippen LogP contribution < -0.4 is 15.0 Å². The van der Waals surface area contributed by atoms with E-state index in [4.69, 9.17) is 9.15 Å². The quantitative estimate of drug-likeness (QED) is 0.594. The van der Waals surface area contributed by atoms with Crippen molar-refractivity contribution >= 4 is 11.7 Å². The first kappa shape index (κ1) is 22.6. The number of urea groups is 1. The van der Waals surface area contributed by atoms with Crippen LogP contribution in [-0.2, 0) is 0 Å². The van der Waals surface area contributed by atoms with Crippen molar-refractivity contribution in [3.8, 4) is 17.1 Å². The predicted octanol–water partition coefficient (Wildman–Crippen LogP) is 3.36. The van der Waals surface area contributed by atoms with E-state index in [9.17, 15) is 14.3 Å². The molecule has 1 aromatic heterocycles. The number of aromatic nitrogens is 1.